The highest BCUT2D eigenvalue weighted by molar-refractivity contribution is 5.86. The highest BCUT2D eigenvalue weighted by Gasteiger charge is 2.43. The third kappa shape index (κ3) is 5.41. The Bertz CT molecular complexity index is 1390. The van der Waals surface area contributed by atoms with E-state index in [-0.39, 0.29) is 18.2 Å². The molecule has 1 aromatic heterocycles. The number of hydrogen-bond donors (Lipinski definition) is 1. The Morgan fingerprint density at radius 1 is 1.13 bits per heavy atom. The monoisotopic (exact) mass is 515 g/mol. The predicted octanol–water partition coefficient (Wildman–Crippen LogP) is 5.59. The Morgan fingerprint density at radius 2 is 1.95 bits per heavy atom. The van der Waals surface area contributed by atoms with Gasteiger partial charge in [0.05, 0.1) is 5.60 Å². The maximum Gasteiger partial charge on any atom is 0.339 e. The first-order chi connectivity index (χ1) is 18.4. The van der Waals surface area contributed by atoms with Crippen LogP contribution in [0.15, 0.2) is 57.8 Å². The first-order valence-corrected chi connectivity index (χ1v) is 13.8. The molecule has 5 rings (SSSR count). The minimum absolute atomic E-state index is 0.0417. The van der Waals surface area contributed by atoms with E-state index >= 15 is 0 Å². The molecule has 2 fully saturated rings. The van der Waals surface area contributed by atoms with E-state index in [9.17, 15) is 14.7 Å². The molecule has 1 aliphatic carbocycles. The van der Waals surface area contributed by atoms with Crippen LogP contribution in [0.25, 0.3) is 17.0 Å². The summed E-state index contributed by atoms with van der Waals surface area (Å²) < 4.78 is 11.7. The summed E-state index contributed by atoms with van der Waals surface area (Å²) >= 11 is 0. The number of rotatable bonds is 7. The van der Waals surface area contributed by atoms with E-state index in [2.05, 4.69) is 0 Å². The molecule has 0 unspecified atom stereocenters. The smallest absolute Gasteiger partial charge is 0.339 e. The van der Waals surface area contributed by atoms with Crippen LogP contribution in [0.3, 0.4) is 0 Å². The molecule has 3 aromatic rings. The molecular weight excluding hydrogens is 478 g/mol. The summed E-state index contributed by atoms with van der Waals surface area (Å²) in [7, 11) is 0. The molecule has 1 aliphatic heterocycles. The van der Waals surface area contributed by atoms with Crippen molar-refractivity contribution in [1.29, 1.82) is 0 Å². The lowest BCUT2D eigenvalue weighted by Gasteiger charge is -2.47. The van der Waals surface area contributed by atoms with Crippen LogP contribution in [0.4, 0.5) is 0 Å². The third-order valence-electron chi connectivity index (χ3n) is 8.47. The highest BCUT2D eigenvalue weighted by Crippen LogP contribution is 2.40. The summed E-state index contributed by atoms with van der Waals surface area (Å²) in [6.45, 7) is 5.42. The number of hydrogen-bond acceptors (Lipinski definition) is 5. The third-order valence-corrected chi connectivity index (χ3v) is 8.47. The first kappa shape index (κ1) is 26.2. The lowest BCUT2D eigenvalue weighted by molar-refractivity contribution is -0.143. The van der Waals surface area contributed by atoms with Gasteiger partial charge in [-0.3, -0.25) is 4.79 Å². The molecule has 0 radical (unpaired) electrons. The number of aryl methyl sites for hydroxylation is 2. The molecule has 200 valence electrons. The van der Waals surface area contributed by atoms with E-state index in [1.165, 1.54) is 0 Å². The molecule has 0 spiro atoms. The maximum atomic E-state index is 13.0. The fraction of sp³-hybridized carbons (Fsp3) is 0.438. The molecule has 6 heteroatoms. The van der Waals surface area contributed by atoms with E-state index in [1.807, 2.05) is 73.4 Å². The number of carbonyl (C=O) groups is 1. The number of aliphatic hydroxyl groups is 1. The van der Waals surface area contributed by atoms with Crippen LogP contribution in [0.5, 0.6) is 5.75 Å². The molecule has 38 heavy (non-hydrogen) atoms. The Kier molecular flexibility index (Phi) is 7.70. The number of piperidine rings is 1. The number of benzene rings is 2. The van der Waals surface area contributed by atoms with Gasteiger partial charge in [0.1, 0.15) is 17.9 Å². The van der Waals surface area contributed by atoms with Gasteiger partial charge in [0.2, 0.25) is 5.91 Å². The second-order valence-corrected chi connectivity index (χ2v) is 10.8. The molecule has 2 heterocycles. The molecule has 1 saturated carbocycles. The second kappa shape index (κ2) is 11.2. The van der Waals surface area contributed by atoms with Gasteiger partial charge in [0.15, 0.2) is 0 Å². The van der Waals surface area contributed by atoms with Gasteiger partial charge in [-0.25, -0.2) is 4.79 Å². The van der Waals surface area contributed by atoms with E-state index in [4.69, 9.17) is 9.15 Å². The summed E-state index contributed by atoms with van der Waals surface area (Å²) in [5.41, 5.74) is 2.82. The number of fused-ring (bicyclic) bond motifs is 2. The molecule has 1 amide bonds. The van der Waals surface area contributed by atoms with Crippen molar-refractivity contribution in [3.05, 3.63) is 81.2 Å². The van der Waals surface area contributed by atoms with Crippen LogP contribution in [0.2, 0.25) is 0 Å². The average Bonchev–Trinajstić information content (AvgIpc) is 2.92. The molecular formula is C32H37NO5. The van der Waals surface area contributed by atoms with E-state index in [0.717, 1.165) is 47.8 Å². The average molecular weight is 516 g/mol. The van der Waals surface area contributed by atoms with Gasteiger partial charge in [0.25, 0.3) is 0 Å². The van der Waals surface area contributed by atoms with Crippen molar-refractivity contribution in [2.24, 2.45) is 5.92 Å². The Balaban J connectivity index is 1.25. The summed E-state index contributed by atoms with van der Waals surface area (Å²) in [6, 6.07) is 13.9. The van der Waals surface area contributed by atoms with E-state index in [1.54, 1.807) is 0 Å². The van der Waals surface area contributed by atoms with E-state index in [0.29, 0.717) is 49.4 Å². The Labute approximate surface area is 223 Å². The molecule has 1 saturated heterocycles. The number of nitrogens with zero attached hydrogens (tertiary/aromatic N) is 1. The summed E-state index contributed by atoms with van der Waals surface area (Å²) in [4.78, 5) is 27.9. The van der Waals surface area contributed by atoms with Gasteiger partial charge >= 0.3 is 5.63 Å². The highest BCUT2D eigenvalue weighted by atomic mass is 16.5. The minimum atomic E-state index is -0.607. The number of likely N-dealkylation sites (tertiary alicyclic amines) is 1. The van der Waals surface area contributed by atoms with Crippen molar-refractivity contribution >= 4 is 23.0 Å². The largest absolute Gasteiger partial charge is 0.489 e. The van der Waals surface area contributed by atoms with Crippen LogP contribution in [0.1, 0.15) is 60.8 Å². The van der Waals surface area contributed by atoms with Crippen molar-refractivity contribution in [3.63, 3.8) is 0 Å². The van der Waals surface area contributed by atoms with Gasteiger partial charge < -0.3 is 19.2 Å². The molecule has 2 atom stereocenters. The normalized spacial score (nSPS) is 21.6. The topological polar surface area (TPSA) is 80.0 Å². The van der Waals surface area contributed by atoms with Crippen molar-refractivity contribution < 1.29 is 19.1 Å². The predicted molar refractivity (Wildman–Crippen MR) is 149 cm³/mol. The number of ether oxygens (including phenoxy) is 1. The fourth-order valence-corrected chi connectivity index (χ4v) is 6.09. The second-order valence-electron chi connectivity index (χ2n) is 10.8. The van der Waals surface area contributed by atoms with Crippen LogP contribution in [-0.4, -0.2) is 41.2 Å². The zero-order valence-electron chi connectivity index (χ0n) is 22.4. The molecule has 2 aromatic carbocycles. The van der Waals surface area contributed by atoms with Crippen LogP contribution < -0.4 is 10.4 Å². The van der Waals surface area contributed by atoms with E-state index < -0.39 is 11.2 Å². The van der Waals surface area contributed by atoms with Gasteiger partial charge in [-0.2, -0.15) is 0 Å². The summed E-state index contributed by atoms with van der Waals surface area (Å²) in [5.74, 6) is 0.878. The molecule has 0 bridgehead atoms. The van der Waals surface area contributed by atoms with Gasteiger partial charge in [-0.1, -0.05) is 49.2 Å². The van der Waals surface area contributed by atoms with Crippen molar-refractivity contribution in [1.82, 2.24) is 4.90 Å². The quantitative estimate of drug-likeness (QED) is 0.415. The van der Waals surface area contributed by atoms with Crippen molar-refractivity contribution in [3.8, 4) is 5.75 Å². The maximum absolute atomic E-state index is 13.0. The molecule has 6 nitrogen and oxygen atoms in total. The Hall–Kier alpha value is -3.38. The van der Waals surface area contributed by atoms with Crippen LogP contribution in [0, 0.1) is 19.8 Å². The fourth-order valence-electron chi connectivity index (χ4n) is 6.09. The first-order valence-electron chi connectivity index (χ1n) is 13.8. The van der Waals surface area contributed by atoms with Gasteiger partial charge in [-0.15, -0.1) is 0 Å². The van der Waals surface area contributed by atoms with Gasteiger partial charge in [0, 0.05) is 41.9 Å². The van der Waals surface area contributed by atoms with Crippen molar-refractivity contribution in [2.45, 2.75) is 64.4 Å². The number of amides is 1. The summed E-state index contributed by atoms with van der Waals surface area (Å²) in [5, 5.41) is 11.8. The number of carbonyl (C=O) groups excluding carboxylic acids is 1. The lowest BCUT2D eigenvalue weighted by Crippen LogP contribution is -2.54. The molecule has 1 N–H and O–H groups in total. The van der Waals surface area contributed by atoms with Crippen molar-refractivity contribution in [2.75, 3.05) is 19.7 Å². The minimum Gasteiger partial charge on any atom is -0.489 e. The zero-order valence-corrected chi connectivity index (χ0v) is 22.4. The van der Waals surface area contributed by atoms with Crippen LogP contribution >= 0.6 is 0 Å². The molecule has 2 aliphatic rings. The standard InChI is InChI=1S/C32H37NO5/c1-22-26-13-15-28(37-20-8-11-24-9-4-3-5-10-24)23(2)30(26)38-31(35)27(22)14-16-29(34)33-19-18-32(36)17-7-6-12-25(32)21-33/h3-5,8-11,13,15,25,36H,6-7,12,14,16-21H2,1-2H3/b11-8+/t25-,32+/m1/s1. The summed E-state index contributed by atoms with van der Waals surface area (Å²) in [6.07, 6.45) is 9.21. The zero-order chi connectivity index (χ0) is 26.7. The van der Waals surface area contributed by atoms with Crippen LogP contribution in [-0.2, 0) is 11.2 Å². The lowest BCUT2D eigenvalue weighted by atomic mass is 9.71. The SMILES string of the molecule is Cc1c(CCC(=O)N2CC[C@@]3(O)CCCC[C@@H]3C2)c(=O)oc2c(C)c(OC/C=C/c3ccccc3)ccc12. The van der Waals surface area contributed by atoms with Gasteiger partial charge in [-0.05, 0) is 68.9 Å². The Morgan fingerprint density at radius 3 is 2.76 bits per heavy atom.